The molecule has 0 amide bonds. The lowest BCUT2D eigenvalue weighted by Gasteiger charge is -2.39. The van der Waals surface area contributed by atoms with Crippen molar-refractivity contribution in [2.45, 2.75) is 75.6 Å². The van der Waals surface area contributed by atoms with Gasteiger partial charge in [-0.1, -0.05) is 23.4 Å². The molecule has 38 heavy (non-hydrogen) atoms. The lowest BCUT2D eigenvalue weighted by molar-refractivity contribution is -0.274. The molecule has 200 valence electrons. The number of hydrogen-bond acceptors (Lipinski definition) is 7. The Morgan fingerprint density at radius 3 is 2.47 bits per heavy atom. The zero-order valence-electron chi connectivity index (χ0n) is 20.4. The Bertz CT molecular complexity index is 1330. The minimum Gasteiger partial charge on any atom is -0.477 e. The number of pyridine rings is 1. The average Bonchev–Trinajstić information content (AvgIpc) is 3.58. The van der Waals surface area contributed by atoms with Crippen LogP contribution >= 0.6 is 0 Å². The van der Waals surface area contributed by atoms with Gasteiger partial charge in [-0.15, -0.1) is 13.2 Å². The fourth-order valence-electron chi connectivity index (χ4n) is 5.74. The SMILES string of the molecule is O=C(O)c1cccc(N2[C@@H]3CC[C@H]2C[C@H](OCc2c(-c4ccccc4OC(F)(F)F)noc2C2CC2)C3)n1. The fourth-order valence-corrected chi connectivity index (χ4v) is 5.74. The molecule has 1 saturated carbocycles. The minimum absolute atomic E-state index is 0.0163. The van der Waals surface area contributed by atoms with Crippen LogP contribution in [0.25, 0.3) is 11.3 Å². The number of para-hydroxylation sites is 1. The number of hydrogen-bond donors (Lipinski definition) is 1. The molecule has 0 unspecified atom stereocenters. The second-order valence-corrected chi connectivity index (χ2v) is 10.1. The van der Waals surface area contributed by atoms with Gasteiger partial charge in [0, 0.05) is 29.1 Å². The third-order valence-electron chi connectivity index (χ3n) is 7.51. The molecule has 0 spiro atoms. The molecule has 4 heterocycles. The molecule has 3 fully saturated rings. The van der Waals surface area contributed by atoms with Gasteiger partial charge in [-0.2, -0.15) is 0 Å². The lowest BCUT2D eigenvalue weighted by atomic mass is 9.99. The van der Waals surface area contributed by atoms with E-state index in [0.29, 0.717) is 22.8 Å². The van der Waals surface area contributed by atoms with Crippen LogP contribution in [0.3, 0.4) is 0 Å². The predicted molar refractivity (Wildman–Crippen MR) is 129 cm³/mol. The van der Waals surface area contributed by atoms with Crippen LogP contribution in [0.2, 0.25) is 0 Å². The zero-order valence-corrected chi connectivity index (χ0v) is 20.4. The number of aromatic nitrogens is 2. The van der Waals surface area contributed by atoms with E-state index in [4.69, 9.17) is 9.26 Å². The summed E-state index contributed by atoms with van der Waals surface area (Å²) < 4.78 is 55.4. The molecule has 2 aromatic heterocycles. The van der Waals surface area contributed by atoms with Crippen molar-refractivity contribution < 1.29 is 37.1 Å². The Kier molecular flexibility index (Phi) is 6.25. The third-order valence-corrected chi connectivity index (χ3v) is 7.51. The molecule has 11 heteroatoms. The Balaban J connectivity index is 1.20. The molecule has 6 rings (SSSR count). The number of ether oxygens (including phenoxy) is 2. The first-order chi connectivity index (χ1) is 18.3. The molecule has 3 atom stereocenters. The average molecular weight is 530 g/mol. The number of rotatable bonds is 8. The molecule has 8 nitrogen and oxygen atoms in total. The Hall–Kier alpha value is -3.60. The van der Waals surface area contributed by atoms with Crippen LogP contribution in [0, 0.1) is 0 Å². The number of benzene rings is 1. The van der Waals surface area contributed by atoms with Crippen molar-refractivity contribution in [2.75, 3.05) is 4.90 Å². The second kappa shape index (κ2) is 9.61. The van der Waals surface area contributed by atoms with E-state index in [1.807, 2.05) is 6.07 Å². The van der Waals surface area contributed by atoms with E-state index in [2.05, 4.69) is 19.8 Å². The number of fused-ring (bicyclic) bond motifs is 2. The summed E-state index contributed by atoms with van der Waals surface area (Å²) in [5, 5.41) is 13.5. The number of anilines is 1. The minimum atomic E-state index is -4.83. The van der Waals surface area contributed by atoms with Gasteiger partial charge in [0.25, 0.3) is 0 Å². The van der Waals surface area contributed by atoms with Crippen LogP contribution in [0.5, 0.6) is 5.75 Å². The Morgan fingerprint density at radius 1 is 1.05 bits per heavy atom. The molecule has 2 saturated heterocycles. The molecule has 2 bridgehead atoms. The highest BCUT2D eigenvalue weighted by atomic mass is 19.4. The van der Waals surface area contributed by atoms with Crippen molar-refractivity contribution in [1.82, 2.24) is 10.1 Å². The fraction of sp³-hybridized carbons (Fsp3) is 0.444. The van der Waals surface area contributed by atoms with Crippen molar-refractivity contribution in [3.05, 3.63) is 59.5 Å². The molecular formula is C27H26F3N3O5. The van der Waals surface area contributed by atoms with Crippen LogP contribution in [0.1, 0.15) is 66.3 Å². The third kappa shape index (κ3) is 4.94. The van der Waals surface area contributed by atoms with Crippen LogP contribution in [0.4, 0.5) is 19.0 Å². The van der Waals surface area contributed by atoms with E-state index in [9.17, 15) is 23.1 Å². The number of carboxylic acids is 1. The summed E-state index contributed by atoms with van der Waals surface area (Å²) in [6, 6.07) is 11.3. The summed E-state index contributed by atoms with van der Waals surface area (Å²) in [4.78, 5) is 17.9. The molecule has 1 aliphatic carbocycles. The quantitative estimate of drug-likeness (QED) is 0.384. The van der Waals surface area contributed by atoms with Crippen LogP contribution in [0.15, 0.2) is 47.0 Å². The Morgan fingerprint density at radius 2 is 1.79 bits per heavy atom. The number of nitrogens with zero attached hydrogens (tertiary/aromatic N) is 3. The first-order valence-corrected chi connectivity index (χ1v) is 12.7. The topological polar surface area (TPSA) is 97.9 Å². The van der Waals surface area contributed by atoms with Gasteiger partial charge in [0.15, 0.2) is 5.69 Å². The highest BCUT2D eigenvalue weighted by molar-refractivity contribution is 5.85. The molecule has 1 N–H and O–H groups in total. The number of carbonyl (C=O) groups is 1. The molecular weight excluding hydrogens is 503 g/mol. The standard InChI is InChI=1S/C27H26F3N3O5/c28-27(29,30)37-22-6-2-1-4-19(22)24-20(25(38-32-24)15-8-9-15)14-36-18-12-16-10-11-17(13-18)33(16)23-7-3-5-21(31-23)26(34)35/h1-7,15-18H,8-14H2,(H,34,35)/t16-,17+,18-. The van der Waals surface area contributed by atoms with Gasteiger partial charge in [-0.3, -0.25) is 0 Å². The predicted octanol–water partition coefficient (Wildman–Crippen LogP) is 5.93. The van der Waals surface area contributed by atoms with Crippen molar-refractivity contribution in [3.63, 3.8) is 0 Å². The van der Waals surface area contributed by atoms with E-state index in [1.54, 1.807) is 12.1 Å². The van der Waals surface area contributed by atoms with Crippen molar-refractivity contribution in [2.24, 2.45) is 0 Å². The monoisotopic (exact) mass is 529 g/mol. The van der Waals surface area contributed by atoms with Gasteiger partial charge < -0.3 is 24.0 Å². The first-order valence-electron chi connectivity index (χ1n) is 12.7. The van der Waals surface area contributed by atoms with E-state index in [1.165, 1.54) is 24.3 Å². The van der Waals surface area contributed by atoms with Gasteiger partial charge in [-0.05, 0) is 62.8 Å². The van der Waals surface area contributed by atoms with Gasteiger partial charge in [0.1, 0.15) is 23.0 Å². The maximum atomic E-state index is 13.0. The summed E-state index contributed by atoms with van der Waals surface area (Å²) in [7, 11) is 0. The van der Waals surface area contributed by atoms with Crippen LogP contribution in [-0.4, -0.2) is 45.8 Å². The van der Waals surface area contributed by atoms with E-state index in [-0.39, 0.29) is 47.7 Å². The summed E-state index contributed by atoms with van der Waals surface area (Å²) in [6.07, 6.45) is 0.366. The Labute approximate surface area is 216 Å². The molecule has 3 aliphatic rings. The first kappa shape index (κ1) is 24.7. The van der Waals surface area contributed by atoms with E-state index >= 15 is 0 Å². The van der Waals surface area contributed by atoms with Crippen molar-refractivity contribution in [1.29, 1.82) is 0 Å². The summed E-state index contributed by atoms with van der Waals surface area (Å²) in [6.45, 7) is 0.169. The maximum Gasteiger partial charge on any atom is 0.573 e. The molecule has 2 aliphatic heterocycles. The van der Waals surface area contributed by atoms with Gasteiger partial charge >= 0.3 is 12.3 Å². The van der Waals surface area contributed by atoms with Crippen LogP contribution in [-0.2, 0) is 11.3 Å². The smallest absolute Gasteiger partial charge is 0.477 e. The number of carboxylic acid groups (broad SMARTS) is 1. The normalized spacial score (nSPS) is 23.0. The van der Waals surface area contributed by atoms with Gasteiger partial charge in [-0.25, -0.2) is 9.78 Å². The molecule has 0 radical (unpaired) electrons. The van der Waals surface area contributed by atoms with Crippen LogP contribution < -0.4 is 9.64 Å². The number of alkyl halides is 3. The zero-order chi connectivity index (χ0) is 26.4. The second-order valence-electron chi connectivity index (χ2n) is 10.1. The summed E-state index contributed by atoms with van der Waals surface area (Å²) in [5.74, 6) is 0.123. The highest BCUT2D eigenvalue weighted by Crippen LogP contribution is 2.46. The molecule has 1 aromatic carbocycles. The number of aromatic carboxylic acids is 1. The van der Waals surface area contributed by atoms with Gasteiger partial charge in [0.2, 0.25) is 0 Å². The summed E-state index contributed by atoms with van der Waals surface area (Å²) in [5.41, 5.74) is 1.19. The van der Waals surface area contributed by atoms with Crippen molar-refractivity contribution >= 4 is 11.8 Å². The van der Waals surface area contributed by atoms with E-state index in [0.717, 1.165) is 38.5 Å². The molecule has 3 aromatic rings. The largest absolute Gasteiger partial charge is 0.573 e. The maximum absolute atomic E-state index is 13.0. The summed E-state index contributed by atoms with van der Waals surface area (Å²) >= 11 is 0. The van der Waals surface area contributed by atoms with Crippen molar-refractivity contribution in [3.8, 4) is 17.0 Å². The lowest BCUT2D eigenvalue weighted by Crippen LogP contribution is -2.46. The number of piperidine rings is 1. The highest BCUT2D eigenvalue weighted by Gasteiger charge is 2.42. The van der Waals surface area contributed by atoms with Gasteiger partial charge in [0.05, 0.1) is 12.7 Å². The van der Waals surface area contributed by atoms with E-state index < -0.39 is 12.3 Å². The number of halogens is 3.